The smallest absolute Gasteiger partial charge is 0.255 e. The van der Waals surface area contributed by atoms with E-state index in [1.54, 1.807) is 24.3 Å². The number of nitrogens with one attached hydrogen (secondary N) is 1. The van der Waals surface area contributed by atoms with Gasteiger partial charge in [0.25, 0.3) is 5.91 Å². The van der Waals surface area contributed by atoms with Crippen LogP contribution in [0.4, 0.5) is 11.4 Å². The van der Waals surface area contributed by atoms with E-state index in [0.29, 0.717) is 11.3 Å². The van der Waals surface area contributed by atoms with Crippen LogP contribution in [0.3, 0.4) is 0 Å². The number of anilines is 2. The first-order valence-electron chi connectivity index (χ1n) is 9.57. The zero-order valence-electron chi connectivity index (χ0n) is 15.5. The highest BCUT2D eigenvalue weighted by Gasteiger charge is 2.59. The predicted molar refractivity (Wildman–Crippen MR) is 106 cm³/mol. The molecule has 2 bridgehead atoms. The van der Waals surface area contributed by atoms with Crippen molar-refractivity contribution >= 4 is 29.1 Å². The SMILES string of the molecule is Cc1ccc(NC(=O)c2ccc(N3C(=O)[C@@H]4[C@H](C3=O)[C@@H]3C=C[C@@H]4C3)cc2)cc1. The lowest BCUT2D eigenvalue weighted by atomic mass is 9.85. The monoisotopic (exact) mass is 372 g/mol. The van der Waals surface area contributed by atoms with Gasteiger partial charge in [-0.2, -0.15) is 0 Å². The molecule has 1 N–H and O–H groups in total. The minimum absolute atomic E-state index is 0.108. The Labute approximate surface area is 163 Å². The molecule has 1 saturated carbocycles. The van der Waals surface area contributed by atoms with E-state index < -0.39 is 0 Å². The maximum Gasteiger partial charge on any atom is 0.255 e. The van der Waals surface area contributed by atoms with Gasteiger partial charge >= 0.3 is 0 Å². The van der Waals surface area contributed by atoms with E-state index in [1.807, 2.05) is 31.2 Å². The van der Waals surface area contributed by atoms with Crippen molar-refractivity contribution in [1.29, 1.82) is 0 Å². The molecule has 0 spiro atoms. The molecule has 0 radical (unpaired) electrons. The largest absolute Gasteiger partial charge is 0.322 e. The fourth-order valence-electron chi connectivity index (χ4n) is 4.76. The number of aryl methyl sites for hydroxylation is 1. The molecule has 5 heteroatoms. The van der Waals surface area contributed by atoms with E-state index in [1.165, 1.54) is 4.90 Å². The second-order valence-corrected chi connectivity index (χ2v) is 7.88. The number of hydrogen-bond donors (Lipinski definition) is 1. The molecule has 3 aliphatic rings. The average molecular weight is 372 g/mol. The second kappa shape index (κ2) is 6.16. The first-order chi connectivity index (χ1) is 13.5. The third kappa shape index (κ3) is 2.50. The highest BCUT2D eigenvalue weighted by atomic mass is 16.2. The molecular weight excluding hydrogens is 352 g/mol. The lowest BCUT2D eigenvalue weighted by molar-refractivity contribution is -0.123. The molecule has 28 heavy (non-hydrogen) atoms. The normalized spacial score (nSPS) is 27.4. The van der Waals surface area contributed by atoms with Crippen LogP contribution in [0.25, 0.3) is 0 Å². The Balaban J connectivity index is 1.34. The number of carbonyl (C=O) groups is 3. The highest BCUT2D eigenvalue weighted by Crippen LogP contribution is 2.53. The lowest BCUT2D eigenvalue weighted by Gasteiger charge is -2.17. The fraction of sp³-hybridized carbons (Fsp3) is 0.261. The molecule has 5 rings (SSSR count). The van der Waals surface area contributed by atoms with Crippen molar-refractivity contribution in [3.05, 3.63) is 71.8 Å². The van der Waals surface area contributed by atoms with E-state index in [2.05, 4.69) is 17.5 Å². The number of fused-ring (bicyclic) bond motifs is 5. The van der Waals surface area contributed by atoms with Gasteiger partial charge in [0, 0.05) is 11.3 Å². The fourth-order valence-corrected chi connectivity index (χ4v) is 4.76. The Morgan fingerprint density at radius 3 is 2.04 bits per heavy atom. The molecule has 1 aliphatic heterocycles. The van der Waals surface area contributed by atoms with Crippen molar-refractivity contribution in [2.75, 3.05) is 10.2 Å². The Morgan fingerprint density at radius 1 is 0.893 bits per heavy atom. The van der Waals surface area contributed by atoms with Crippen LogP contribution in [-0.4, -0.2) is 17.7 Å². The molecule has 1 saturated heterocycles. The van der Waals surface area contributed by atoms with Gasteiger partial charge < -0.3 is 5.32 Å². The molecule has 2 aliphatic carbocycles. The first kappa shape index (κ1) is 16.9. The van der Waals surface area contributed by atoms with Gasteiger partial charge in [-0.25, -0.2) is 0 Å². The van der Waals surface area contributed by atoms with Gasteiger partial charge in [0.05, 0.1) is 17.5 Å². The minimum atomic E-state index is -0.228. The van der Waals surface area contributed by atoms with Crippen molar-refractivity contribution in [2.45, 2.75) is 13.3 Å². The summed E-state index contributed by atoms with van der Waals surface area (Å²) in [5.74, 6) is -0.493. The summed E-state index contributed by atoms with van der Waals surface area (Å²) in [4.78, 5) is 39.5. The Hall–Kier alpha value is -3.21. The summed E-state index contributed by atoms with van der Waals surface area (Å²) in [6, 6.07) is 14.2. The van der Waals surface area contributed by atoms with Gasteiger partial charge in [-0.3, -0.25) is 19.3 Å². The van der Waals surface area contributed by atoms with Crippen LogP contribution in [0.15, 0.2) is 60.7 Å². The summed E-state index contributed by atoms with van der Waals surface area (Å²) < 4.78 is 0. The lowest BCUT2D eigenvalue weighted by Crippen LogP contribution is -2.32. The summed E-state index contributed by atoms with van der Waals surface area (Å²) >= 11 is 0. The standard InChI is InChI=1S/C23H20N2O3/c1-13-2-8-17(9-3-13)24-21(26)14-6-10-18(11-7-14)25-22(27)19-15-4-5-16(12-15)20(19)23(25)28/h2-11,15-16,19-20H,12H2,1H3,(H,24,26)/t15-,16-,19-,20+/m1/s1. The molecule has 2 fully saturated rings. The van der Waals surface area contributed by atoms with Crippen LogP contribution in [0.1, 0.15) is 22.3 Å². The quantitative estimate of drug-likeness (QED) is 0.662. The first-order valence-corrected chi connectivity index (χ1v) is 9.57. The summed E-state index contributed by atoms with van der Waals surface area (Å²) in [5.41, 5.74) is 2.86. The number of rotatable bonds is 3. The van der Waals surface area contributed by atoms with Crippen molar-refractivity contribution in [1.82, 2.24) is 0 Å². The molecule has 2 aromatic carbocycles. The van der Waals surface area contributed by atoms with Gasteiger partial charge in [0.1, 0.15) is 0 Å². The maximum atomic E-state index is 12.9. The van der Waals surface area contributed by atoms with Crippen molar-refractivity contribution in [3.8, 4) is 0 Å². The number of carbonyl (C=O) groups excluding carboxylic acids is 3. The van der Waals surface area contributed by atoms with E-state index in [0.717, 1.165) is 17.7 Å². The minimum Gasteiger partial charge on any atom is -0.322 e. The summed E-state index contributed by atoms with van der Waals surface area (Å²) in [6.07, 6.45) is 5.08. The molecule has 0 unspecified atom stereocenters. The Morgan fingerprint density at radius 2 is 1.46 bits per heavy atom. The van der Waals surface area contributed by atoms with Crippen molar-refractivity contribution in [3.63, 3.8) is 0 Å². The zero-order chi connectivity index (χ0) is 19.4. The van der Waals surface area contributed by atoms with E-state index in [4.69, 9.17) is 0 Å². The third-order valence-corrected chi connectivity index (χ3v) is 6.17. The van der Waals surface area contributed by atoms with Crippen LogP contribution >= 0.6 is 0 Å². The molecule has 3 amide bonds. The van der Waals surface area contributed by atoms with E-state index in [9.17, 15) is 14.4 Å². The number of hydrogen-bond acceptors (Lipinski definition) is 3. The van der Waals surface area contributed by atoms with Crippen LogP contribution in [-0.2, 0) is 9.59 Å². The van der Waals surface area contributed by atoms with Crippen molar-refractivity contribution < 1.29 is 14.4 Å². The second-order valence-electron chi connectivity index (χ2n) is 7.88. The molecule has 1 heterocycles. The van der Waals surface area contributed by atoms with Gasteiger partial charge in [-0.1, -0.05) is 29.8 Å². The number of imide groups is 1. The molecular formula is C23H20N2O3. The van der Waals surface area contributed by atoms with Crippen LogP contribution < -0.4 is 10.2 Å². The van der Waals surface area contributed by atoms with Gasteiger partial charge in [-0.15, -0.1) is 0 Å². The van der Waals surface area contributed by atoms with Gasteiger partial charge in [-0.05, 0) is 61.6 Å². The predicted octanol–water partition coefficient (Wildman–Crippen LogP) is 3.56. The summed E-state index contributed by atoms with van der Waals surface area (Å²) in [6.45, 7) is 1.99. The summed E-state index contributed by atoms with van der Waals surface area (Å²) in [7, 11) is 0. The molecule has 4 atom stereocenters. The number of allylic oxidation sites excluding steroid dienone is 2. The Kier molecular flexibility index (Phi) is 3.72. The van der Waals surface area contributed by atoms with Gasteiger partial charge in [0.2, 0.25) is 11.8 Å². The zero-order valence-corrected chi connectivity index (χ0v) is 15.5. The van der Waals surface area contributed by atoms with E-state index in [-0.39, 0.29) is 41.4 Å². The Bertz CT molecular complexity index is 977. The van der Waals surface area contributed by atoms with Crippen LogP contribution in [0.5, 0.6) is 0 Å². The highest BCUT2D eigenvalue weighted by molar-refractivity contribution is 6.23. The number of benzene rings is 2. The van der Waals surface area contributed by atoms with Crippen LogP contribution in [0.2, 0.25) is 0 Å². The van der Waals surface area contributed by atoms with Gasteiger partial charge in [0.15, 0.2) is 0 Å². The summed E-state index contributed by atoms with van der Waals surface area (Å²) in [5, 5.41) is 2.85. The molecule has 0 aromatic heterocycles. The van der Waals surface area contributed by atoms with Crippen LogP contribution in [0, 0.1) is 30.6 Å². The number of nitrogens with zero attached hydrogens (tertiary/aromatic N) is 1. The maximum absolute atomic E-state index is 12.9. The third-order valence-electron chi connectivity index (χ3n) is 6.17. The molecule has 2 aromatic rings. The number of amides is 3. The molecule has 5 nitrogen and oxygen atoms in total. The van der Waals surface area contributed by atoms with Crippen molar-refractivity contribution in [2.24, 2.45) is 23.7 Å². The van der Waals surface area contributed by atoms with E-state index >= 15 is 0 Å². The average Bonchev–Trinajstić information content (AvgIpc) is 3.38. The topological polar surface area (TPSA) is 66.5 Å². The molecule has 140 valence electrons.